The van der Waals surface area contributed by atoms with Crippen molar-refractivity contribution in [1.29, 1.82) is 0 Å². The molecule has 2 heterocycles. The van der Waals surface area contributed by atoms with Crippen LogP contribution in [0.15, 0.2) is 0 Å². The zero-order valence-electron chi connectivity index (χ0n) is 10.8. The lowest BCUT2D eigenvalue weighted by Gasteiger charge is -2.54. The van der Waals surface area contributed by atoms with Gasteiger partial charge in [-0.15, -0.1) is 0 Å². The van der Waals surface area contributed by atoms with Gasteiger partial charge in [0.05, 0.1) is 19.3 Å². The van der Waals surface area contributed by atoms with Gasteiger partial charge in [0.2, 0.25) is 0 Å². The van der Waals surface area contributed by atoms with Crippen LogP contribution in [0.3, 0.4) is 0 Å². The highest BCUT2D eigenvalue weighted by Gasteiger charge is 2.47. The van der Waals surface area contributed by atoms with Crippen LogP contribution in [0.4, 0.5) is 0 Å². The molecule has 0 aromatic rings. The topological polar surface area (TPSA) is 21.7 Å². The Balaban J connectivity index is 1.74. The molecule has 3 nitrogen and oxygen atoms in total. The van der Waals surface area contributed by atoms with Crippen LogP contribution in [0, 0.1) is 11.8 Å². The highest BCUT2D eigenvalue weighted by atomic mass is 16.5. The van der Waals surface area contributed by atoms with Crippen LogP contribution >= 0.6 is 0 Å². The van der Waals surface area contributed by atoms with Gasteiger partial charge >= 0.3 is 0 Å². The molecule has 3 rings (SSSR count). The first kappa shape index (κ1) is 12.3. The summed E-state index contributed by atoms with van der Waals surface area (Å²) in [4.78, 5) is 2.63. The standard InChI is InChI=1S/C13H25NO2/c1-4-10(2)14-8-11-7-12(9-14)13(11)16-6-5-15-3/h10-13H,4-9H2,1-3H3. The lowest BCUT2D eigenvalue weighted by Crippen LogP contribution is -2.61. The van der Waals surface area contributed by atoms with Crippen LogP contribution in [0.2, 0.25) is 0 Å². The van der Waals surface area contributed by atoms with Crippen LogP contribution in [0.5, 0.6) is 0 Å². The average molecular weight is 227 g/mol. The molecule has 1 saturated carbocycles. The van der Waals surface area contributed by atoms with Crippen molar-refractivity contribution < 1.29 is 9.47 Å². The molecule has 0 aromatic heterocycles. The van der Waals surface area contributed by atoms with Crippen molar-refractivity contribution in [2.24, 2.45) is 11.8 Å². The fourth-order valence-corrected chi connectivity index (χ4v) is 3.04. The minimum atomic E-state index is 0.524. The summed E-state index contributed by atoms with van der Waals surface area (Å²) in [7, 11) is 1.73. The van der Waals surface area contributed by atoms with Crippen LogP contribution < -0.4 is 0 Å². The van der Waals surface area contributed by atoms with Crippen molar-refractivity contribution in [3.63, 3.8) is 0 Å². The number of methoxy groups -OCH3 is 1. The largest absolute Gasteiger partial charge is 0.382 e. The maximum Gasteiger partial charge on any atom is 0.0704 e. The van der Waals surface area contributed by atoms with E-state index in [0.717, 1.165) is 31.1 Å². The number of rotatable bonds is 6. The molecule has 3 atom stereocenters. The Hall–Kier alpha value is -0.120. The van der Waals surface area contributed by atoms with Crippen molar-refractivity contribution >= 4 is 0 Å². The molecular weight excluding hydrogens is 202 g/mol. The molecule has 94 valence electrons. The minimum Gasteiger partial charge on any atom is -0.382 e. The Morgan fingerprint density at radius 1 is 1.25 bits per heavy atom. The molecule has 3 unspecified atom stereocenters. The monoisotopic (exact) mass is 227 g/mol. The van der Waals surface area contributed by atoms with Gasteiger partial charge < -0.3 is 9.47 Å². The van der Waals surface area contributed by atoms with Gasteiger partial charge in [-0.25, -0.2) is 0 Å². The predicted molar refractivity (Wildman–Crippen MR) is 64.5 cm³/mol. The molecule has 16 heavy (non-hydrogen) atoms. The zero-order valence-corrected chi connectivity index (χ0v) is 10.8. The molecule has 3 fully saturated rings. The average Bonchev–Trinajstić information content (AvgIpc) is 2.33. The summed E-state index contributed by atoms with van der Waals surface area (Å²) < 4.78 is 10.9. The Morgan fingerprint density at radius 3 is 2.50 bits per heavy atom. The summed E-state index contributed by atoms with van der Waals surface area (Å²) in [6, 6.07) is 0.741. The molecule has 0 radical (unpaired) electrons. The zero-order chi connectivity index (χ0) is 11.5. The van der Waals surface area contributed by atoms with E-state index in [1.54, 1.807) is 7.11 Å². The number of hydrogen-bond acceptors (Lipinski definition) is 3. The van der Waals surface area contributed by atoms with Gasteiger partial charge in [-0.05, 0) is 31.6 Å². The number of nitrogens with zero attached hydrogens (tertiary/aromatic N) is 1. The maximum atomic E-state index is 5.90. The number of hydrogen-bond donors (Lipinski definition) is 0. The molecule has 3 aliphatic rings. The minimum absolute atomic E-state index is 0.524. The maximum absolute atomic E-state index is 5.90. The smallest absolute Gasteiger partial charge is 0.0704 e. The van der Waals surface area contributed by atoms with Crippen molar-refractivity contribution in [1.82, 2.24) is 4.90 Å². The third-order valence-corrected chi connectivity index (χ3v) is 4.28. The van der Waals surface area contributed by atoms with E-state index in [9.17, 15) is 0 Å². The van der Waals surface area contributed by atoms with Gasteiger partial charge in [0, 0.05) is 26.2 Å². The molecule has 2 saturated heterocycles. The van der Waals surface area contributed by atoms with Gasteiger partial charge in [-0.2, -0.15) is 0 Å². The summed E-state index contributed by atoms with van der Waals surface area (Å²) in [5, 5.41) is 0. The Labute approximate surface area is 99.1 Å². The normalized spacial score (nSPS) is 35.8. The Kier molecular flexibility index (Phi) is 4.22. The van der Waals surface area contributed by atoms with Crippen molar-refractivity contribution in [2.45, 2.75) is 38.8 Å². The number of piperidine rings is 2. The molecule has 0 amide bonds. The lowest BCUT2D eigenvalue weighted by atomic mass is 9.67. The van der Waals surface area contributed by atoms with Gasteiger partial charge in [-0.3, -0.25) is 4.90 Å². The molecule has 0 aromatic carbocycles. The van der Waals surface area contributed by atoms with Crippen LogP contribution in [0.1, 0.15) is 26.7 Å². The molecule has 2 aliphatic heterocycles. The molecule has 2 bridgehead atoms. The summed E-state index contributed by atoms with van der Waals surface area (Å²) >= 11 is 0. The quantitative estimate of drug-likeness (QED) is 0.646. The lowest BCUT2D eigenvalue weighted by molar-refractivity contribution is -0.154. The SMILES string of the molecule is CCC(C)N1CC2CC(C1)C2OCCOC. The molecular formula is C13H25NO2. The van der Waals surface area contributed by atoms with E-state index >= 15 is 0 Å². The third kappa shape index (κ3) is 2.41. The van der Waals surface area contributed by atoms with E-state index in [0.29, 0.717) is 6.10 Å². The van der Waals surface area contributed by atoms with E-state index in [1.807, 2.05) is 0 Å². The summed E-state index contributed by atoms with van der Waals surface area (Å²) in [5.41, 5.74) is 0. The molecule has 0 spiro atoms. The van der Waals surface area contributed by atoms with Gasteiger partial charge in [0.1, 0.15) is 0 Å². The first-order valence-electron chi connectivity index (χ1n) is 6.60. The van der Waals surface area contributed by atoms with Crippen molar-refractivity contribution in [3.8, 4) is 0 Å². The van der Waals surface area contributed by atoms with Gasteiger partial charge in [0.25, 0.3) is 0 Å². The van der Waals surface area contributed by atoms with Crippen LogP contribution in [-0.2, 0) is 9.47 Å². The summed E-state index contributed by atoms with van der Waals surface area (Å²) in [6.45, 7) is 8.58. The third-order valence-electron chi connectivity index (χ3n) is 4.28. The summed E-state index contributed by atoms with van der Waals surface area (Å²) in [5.74, 6) is 1.56. The number of ether oxygens (including phenoxy) is 2. The van der Waals surface area contributed by atoms with Crippen LogP contribution in [-0.4, -0.2) is 50.5 Å². The Bertz CT molecular complexity index is 210. The second-order valence-electron chi connectivity index (χ2n) is 5.30. The van der Waals surface area contributed by atoms with E-state index in [1.165, 1.54) is 25.9 Å². The predicted octanol–water partition coefficient (Wildman–Crippen LogP) is 1.77. The summed E-state index contributed by atoms with van der Waals surface area (Å²) in [6.07, 6.45) is 3.16. The first-order valence-corrected chi connectivity index (χ1v) is 6.60. The van der Waals surface area contributed by atoms with Gasteiger partial charge in [-0.1, -0.05) is 6.92 Å². The fraction of sp³-hybridized carbons (Fsp3) is 1.00. The second-order valence-corrected chi connectivity index (χ2v) is 5.30. The molecule has 1 aliphatic carbocycles. The van der Waals surface area contributed by atoms with Crippen LogP contribution in [0.25, 0.3) is 0 Å². The Morgan fingerprint density at radius 2 is 1.94 bits per heavy atom. The number of fused-ring (bicyclic) bond motifs is 2. The van der Waals surface area contributed by atoms with E-state index in [4.69, 9.17) is 9.47 Å². The van der Waals surface area contributed by atoms with Gasteiger partial charge in [0.15, 0.2) is 0 Å². The van der Waals surface area contributed by atoms with Crippen molar-refractivity contribution in [3.05, 3.63) is 0 Å². The van der Waals surface area contributed by atoms with E-state index in [-0.39, 0.29) is 0 Å². The van der Waals surface area contributed by atoms with E-state index < -0.39 is 0 Å². The molecule has 3 heteroatoms. The highest BCUT2D eigenvalue weighted by Crippen LogP contribution is 2.42. The molecule has 0 N–H and O–H groups in total. The highest BCUT2D eigenvalue weighted by molar-refractivity contribution is 4.99. The van der Waals surface area contributed by atoms with Crippen molar-refractivity contribution in [2.75, 3.05) is 33.4 Å². The van der Waals surface area contributed by atoms with E-state index in [2.05, 4.69) is 18.7 Å². The first-order chi connectivity index (χ1) is 7.76. The second kappa shape index (κ2) is 5.48. The fourth-order valence-electron chi connectivity index (χ4n) is 3.04.